The molecule has 30 heavy (non-hydrogen) atoms. The van der Waals surface area contributed by atoms with E-state index in [1.165, 1.54) is 0 Å². The summed E-state index contributed by atoms with van der Waals surface area (Å²) in [6, 6.07) is 0. The number of hydrogen-bond acceptors (Lipinski definition) is 9. The molecule has 0 unspecified atom stereocenters. The smallest absolute Gasteiger partial charge is 0.334 e. The molecule has 0 aromatic heterocycles. The van der Waals surface area contributed by atoms with Gasteiger partial charge in [0.2, 0.25) is 0 Å². The van der Waals surface area contributed by atoms with E-state index < -0.39 is 42.7 Å². The van der Waals surface area contributed by atoms with Gasteiger partial charge in [0.25, 0.3) is 0 Å². The number of ether oxygens (including phenoxy) is 3. The normalized spacial score (nSPS) is 51.3. The molecule has 2 saturated carbocycles. The van der Waals surface area contributed by atoms with Gasteiger partial charge in [-0.1, -0.05) is 13.5 Å². The molecule has 4 fully saturated rings. The Hall–Kier alpha value is -1.07. The van der Waals surface area contributed by atoms with Crippen LogP contribution in [0.5, 0.6) is 0 Å². The molecule has 9 nitrogen and oxygen atoms in total. The predicted octanol–water partition coefficient (Wildman–Crippen LogP) is -0.912. The molecule has 0 aromatic rings. The van der Waals surface area contributed by atoms with Gasteiger partial charge in [0.15, 0.2) is 6.29 Å². The first-order valence-corrected chi connectivity index (χ1v) is 10.7. The third-order valence-corrected chi connectivity index (χ3v) is 7.88. The van der Waals surface area contributed by atoms with E-state index in [1.54, 1.807) is 0 Å². The van der Waals surface area contributed by atoms with Gasteiger partial charge in [-0.2, -0.15) is 0 Å². The van der Waals surface area contributed by atoms with E-state index in [0.717, 1.165) is 0 Å². The Morgan fingerprint density at radius 1 is 1.10 bits per heavy atom. The van der Waals surface area contributed by atoms with Gasteiger partial charge in [-0.15, -0.1) is 0 Å². The van der Waals surface area contributed by atoms with Crippen LogP contribution in [-0.2, 0) is 19.0 Å². The highest BCUT2D eigenvalue weighted by Gasteiger charge is 2.61. The Kier molecular flexibility index (Phi) is 6.00. The Bertz CT molecular complexity index is 681. The molecule has 0 spiro atoms. The summed E-state index contributed by atoms with van der Waals surface area (Å²) >= 11 is 0. The van der Waals surface area contributed by atoms with Crippen LogP contribution in [0.3, 0.4) is 0 Å². The molecule has 2 heterocycles. The van der Waals surface area contributed by atoms with E-state index in [1.807, 2.05) is 6.92 Å². The second-order valence-corrected chi connectivity index (χ2v) is 9.41. The van der Waals surface area contributed by atoms with Crippen molar-refractivity contribution in [1.29, 1.82) is 0 Å². The standard InChI is InChI=1S/C21H32O9/c1-9-11-5-6-21(2)13(4-3-10(7-22)14(21)18(11)30-19(9)27)29-20-17(26)16(25)15(24)12(8-23)28-20/h10-18,20,22-26H,1,3-8H2,2H3/t10-,11+,12-,13+,14+,15+,16+,17-,18-,20+,21-/m1/s1. The molecule has 0 radical (unpaired) electrons. The van der Waals surface area contributed by atoms with Crippen molar-refractivity contribution in [2.45, 2.75) is 75.5 Å². The summed E-state index contributed by atoms with van der Waals surface area (Å²) < 4.78 is 17.4. The van der Waals surface area contributed by atoms with Crippen molar-refractivity contribution in [3.63, 3.8) is 0 Å². The molecular formula is C21H32O9. The van der Waals surface area contributed by atoms with Crippen molar-refractivity contribution in [2.75, 3.05) is 13.2 Å². The molecule has 2 saturated heterocycles. The van der Waals surface area contributed by atoms with Gasteiger partial charge in [-0.25, -0.2) is 4.79 Å². The van der Waals surface area contributed by atoms with Crippen LogP contribution in [0.15, 0.2) is 12.2 Å². The second kappa shape index (κ2) is 8.12. The summed E-state index contributed by atoms with van der Waals surface area (Å²) in [5, 5.41) is 49.9. The van der Waals surface area contributed by atoms with Gasteiger partial charge >= 0.3 is 5.97 Å². The lowest BCUT2D eigenvalue weighted by molar-refractivity contribution is -0.329. The van der Waals surface area contributed by atoms with Crippen LogP contribution in [0, 0.1) is 23.2 Å². The summed E-state index contributed by atoms with van der Waals surface area (Å²) in [6.07, 6.45) is -4.78. The minimum absolute atomic E-state index is 0.0275. The third-order valence-electron chi connectivity index (χ3n) is 7.88. The highest BCUT2D eigenvalue weighted by molar-refractivity contribution is 5.90. The molecule has 0 bridgehead atoms. The van der Waals surface area contributed by atoms with Crippen molar-refractivity contribution in [3.8, 4) is 0 Å². The summed E-state index contributed by atoms with van der Waals surface area (Å²) in [6.45, 7) is 5.38. The highest BCUT2D eigenvalue weighted by atomic mass is 16.7. The van der Waals surface area contributed by atoms with Gasteiger partial charge in [-0.05, 0) is 31.6 Å². The Labute approximate surface area is 175 Å². The fraction of sp³-hybridized carbons (Fsp3) is 0.857. The zero-order valence-corrected chi connectivity index (χ0v) is 17.1. The molecule has 4 aliphatic rings. The molecule has 2 aliphatic carbocycles. The lowest BCUT2D eigenvalue weighted by atomic mass is 9.52. The highest BCUT2D eigenvalue weighted by Crippen LogP contribution is 2.58. The molecule has 0 aromatic carbocycles. The van der Waals surface area contributed by atoms with E-state index in [4.69, 9.17) is 14.2 Å². The van der Waals surface area contributed by atoms with Crippen molar-refractivity contribution >= 4 is 5.97 Å². The van der Waals surface area contributed by atoms with Gasteiger partial charge in [0.1, 0.15) is 30.5 Å². The number of rotatable bonds is 4. The first kappa shape index (κ1) is 22.1. The summed E-state index contributed by atoms with van der Waals surface area (Å²) in [5.41, 5.74) is 0.0204. The van der Waals surface area contributed by atoms with Crippen molar-refractivity contribution in [3.05, 3.63) is 12.2 Å². The lowest BCUT2D eigenvalue weighted by Crippen LogP contribution is -2.62. The quantitative estimate of drug-likeness (QED) is 0.284. The van der Waals surface area contributed by atoms with Crippen LogP contribution < -0.4 is 0 Å². The van der Waals surface area contributed by atoms with Crippen molar-refractivity contribution < 1.29 is 44.5 Å². The number of aliphatic hydroxyl groups is 5. The summed E-state index contributed by atoms with van der Waals surface area (Å²) in [4.78, 5) is 12.1. The maximum atomic E-state index is 12.1. The average molecular weight is 428 g/mol. The van der Waals surface area contributed by atoms with E-state index >= 15 is 0 Å². The van der Waals surface area contributed by atoms with Gasteiger partial charge in [0.05, 0.1) is 12.7 Å². The van der Waals surface area contributed by atoms with E-state index in [0.29, 0.717) is 31.3 Å². The maximum absolute atomic E-state index is 12.1. The molecule has 170 valence electrons. The van der Waals surface area contributed by atoms with E-state index in [9.17, 15) is 30.3 Å². The minimum Gasteiger partial charge on any atom is -0.458 e. The third kappa shape index (κ3) is 3.31. The number of carbonyl (C=O) groups excluding carboxylic acids is 1. The number of hydrogen-bond donors (Lipinski definition) is 5. The predicted molar refractivity (Wildman–Crippen MR) is 102 cm³/mol. The number of esters is 1. The van der Waals surface area contributed by atoms with Gasteiger partial charge < -0.3 is 39.7 Å². The van der Waals surface area contributed by atoms with Crippen LogP contribution >= 0.6 is 0 Å². The molecule has 2 aliphatic heterocycles. The molecule has 11 atom stereocenters. The minimum atomic E-state index is -1.51. The van der Waals surface area contributed by atoms with Gasteiger partial charge in [-0.3, -0.25) is 0 Å². The van der Waals surface area contributed by atoms with Crippen LogP contribution in [0.4, 0.5) is 0 Å². The Balaban J connectivity index is 1.58. The van der Waals surface area contributed by atoms with Crippen molar-refractivity contribution in [1.82, 2.24) is 0 Å². The molecular weight excluding hydrogens is 396 g/mol. The fourth-order valence-corrected chi connectivity index (χ4v) is 6.13. The lowest BCUT2D eigenvalue weighted by Gasteiger charge is -2.56. The van der Waals surface area contributed by atoms with Gasteiger partial charge in [0, 0.05) is 29.4 Å². The molecule has 9 heteroatoms. The monoisotopic (exact) mass is 428 g/mol. The Morgan fingerprint density at radius 3 is 2.50 bits per heavy atom. The molecule has 5 N–H and O–H groups in total. The van der Waals surface area contributed by atoms with E-state index in [2.05, 4.69) is 6.58 Å². The van der Waals surface area contributed by atoms with E-state index in [-0.39, 0.29) is 42.5 Å². The number of carbonyl (C=O) groups is 1. The summed E-state index contributed by atoms with van der Waals surface area (Å²) in [5.74, 6) is -0.664. The van der Waals surface area contributed by atoms with Crippen LogP contribution in [0.1, 0.15) is 32.6 Å². The maximum Gasteiger partial charge on any atom is 0.334 e. The molecule has 4 rings (SSSR count). The largest absolute Gasteiger partial charge is 0.458 e. The SMILES string of the molecule is C=C1C(=O)O[C@H]2[C@@H]3[C@@H](CO)CC[C@H](O[C@@H]4O[C@H](CO)[C@H](O)[C@H](O)[C@H]4O)[C@@]3(C)CC[C@@H]12. The second-order valence-electron chi connectivity index (χ2n) is 9.41. The summed E-state index contributed by atoms with van der Waals surface area (Å²) in [7, 11) is 0. The Morgan fingerprint density at radius 2 is 1.83 bits per heavy atom. The van der Waals surface area contributed by atoms with Crippen LogP contribution in [-0.4, -0.2) is 87.6 Å². The zero-order valence-electron chi connectivity index (χ0n) is 17.1. The zero-order chi connectivity index (χ0) is 21.8. The average Bonchev–Trinajstić information content (AvgIpc) is 3.02. The van der Waals surface area contributed by atoms with Crippen LogP contribution in [0.2, 0.25) is 0 Å². The first-order valence-electron chi connectivity index (χ1n) is 10.7. The fourth-order valence-electron chi connectivity index (χ4n) is 6.13. The van der Waals surface area contributed by atoms with Crippen LogP contribution in [0.25, 0.3) is 0 Å². The van der Waals surface area contributed by atoms with Crippen molar-refractivity contribution in [2.24, 2.45) is 23.2 Å². The number of aliphatic hydroxyl groups excluding tert-OH is 5. The first-order chi connectivity index (χ1) is 14.2. The molecule has 0 amide bonds. The topological polar surface area (TPSA) is 146 Å². The number of fused-ring (bicyclic) bond motifs is 3.